The van der Waals surface area contributed by atoms with Crippen molar-refractivity contribution in [2.75, 3.05) is 13.1 Å². The van der Waals surface area contributed by atoms with Gasteiger partial charge in [0.2, 0.25) is 0 Å². The summed E-state index contributed by atoms with van der Waals surface area (Å²) in [5, 5.41) is 0.722. The van der Waals surface area contributed by atoms with Gasteiger partial charge in [-0.25, -0.2) is 4.98 Å². The van der Waals surface area contributed by atoms with E-state index in [1.807, 2.05) is 28.8 Å². The van der Waals surface area contributed by atoms with Crippen molar-refractivity contribution in [2.45, 2.75) is 39.3 Å². The third-order valence-corrected chi connectivity index (χ3v) is 4.21. The van der Waals surface area contributed by atoms with Gasteiger partial charge in [-0.1, -0.05) is 19.1 Å². The molecule has 4 heteroatoms. The minimum atomic E-state index is 0.0982. The van der Waals surface area contributed by atoms with Crippen LogP contribution >= 0.6 is 0 Å². The molecule has 106 valence electrons. The monoisotopic (exact) mass is 271 g/mol. The number of aromatic nitrogens is 2. The average molecular weight is 271 g/mol. The lowest BCUT2D eigenvalue weighted by atomic mass is 10.1. The normalized spacial score (nSPS) is 22.9. The molecule has 4 nitrogen and oxygen atoms in total. The summed E-state index contributed by atoms with van der Waals surface area (Å²) in [4.78, 5) is 19.9. The fraction of sp³-hybridized carbons (Fsp3) is 0.500. The third kappa shape index (κ3) is 1.95. The Morgan fingerprint density at radius 2 is 2.05 bits per heavy atom. The first-order valence-corrected chi connectivity index (χ1v) is 7.38. The summed E-state index contributed by atoms with van der Waals surface area (Å²) >= 11 is 0. The lowest BCUT2D eigenvalue weighted by Crippen LogP contribution is -2.44. The zero-order valence-electron chi connectivity index (χ0n) is 12.3. The van der Waals surface area contributed by atoms with Gasteiger partial charge < -0.3 is 0 Å². The van der Waals surface area contributed by atoms with Crippen molar-refractivity contribution >= 4 is 10.9 Å². The van der Waals surface area contributed by atoms with E-state index in [1.165, 1.54) is 0 Å². The lowest BCUT2D eigenvalue weighted by Gasteiger charge is -2.38. The van der Waals surface area contributed by atoms with Gasteiger partial charge in [0.25, 0.3) is 5.56 Å². The second-order valence-corrected chi connectivity index (χ2v) is 5.68. The summed E-state index contributed by atoms with van der Waals surface area (Å²) in [6.45, 7) is 8.41. The summed E-state index contributed by atoms with van der Waals surface area (Å²) in [5.74, 6) is 0.904. The maximum atomic E-state index is 12.7. The van der Waals surface area contributed by atoms with Gasteiger partial charge in [-0.2, -0.15) is 0 Å². The van der Waals surface area contributed by atoms with Crippen molar-refractivity contribution in [2.24, 2.45) is 0 Å². The van der Waals surface area contributed by atoms with Gasteiger partial charge in [-0.3, -0.25) is 14.3 Å². The van der Waals surface area contributed by atoms with Crippen LogP contribution in [-0.2, 0) is 0 Å². The molecular weight excluding hydrogens is 250 g/mol. The van der Waals surface area contributed by atoms with E-state index in [1.54, 1.807) is 0 Å². The minimum absolute atomic E-state index is 0.0982. The second kappa shape index (κ2) is 5.02. The molecule has 0 amide bonds. The Bertz CT molecular complexity index is 692. The quantitative estimate of drug-likeness (QED) is 0.843. The molecule has 0 radical (unpaired) electrons. The predicted molar refractivity (Wildman–Crippen MR) is 81.0 cm³/mol. The van der Waals surface area contributed by atoms with Gasteiger partial charge in [0, 0.05) is 12.6 Å². The van der Waals surface area contributed by atoms with Crippen LogP contribution < -0.4 is 5.56 Å². The van der Waals surface area contributed by atoms with Gasteiger partial charge in [-0.15, -0.1) is 0 Å². The maximum Gasteiger partial charge on any atom is 0.261 e. The van der Waals surface area contributed by atoms with E-state index in [0.29, 0.717) is 0 Å². The molecule has 1 aromatic carbocycles. The molecule has 2 unspecified atom stereocenters. The van der Waals surface area contributed by atoms with Crippen LogP contribution in [0.4, 0.5) is 0 Å². The second-order valence-electron chi connectivity index (χ2n) is 5.68. The molecule has 2 heterocycles. The Labute approximate surface area is 119 Å². The highest BCUT2D eigenvalue weighted by Crippen LogP contribution is 2.28. The van der Waals surface area contributed by atoms with Crippen LogP contribution in [-0.4, -0.2) is 27.5 Å². The number of nitrogens with zero attached hydrogens (tertiary/aromatic N) is 3. The molecule has 0 spiro atoms. The Kier molecular flexibility index (Phi) is 3.34. The number of para-hydroxylation sites is 1. The van der Waals surface area contributed by atoms with Gasteiger partial charge in [0.1, 0.15) is 5.82 Å². The smallest absolute Gasteiger partial charge is 0.261 e. The van der Waals surface area contributed by atoms with Crippen LogP contribution in [0.15, 0.2) is 29.1 Å². The highest BCUT2D eigenvalue weighted by Gasteiger charge is 2.30. The van der Waals surface area contributed by atoms with E-state index in [2.05, 4.69) is 25.7 Å². The van der Waals surface area contributed by atoms with E-state index in [4.69, 9.17) is 4.98 Å². The Morgan fingerprint density at radius 1 is 1.30 bits per heavy atom. The molecule has 3 rings (SSSR count). The van der Waals surface area contributed by atoms with Crippen molar-refractivity contribution in [1.29, 1.82) is 0 Å². The van der Waals surface area contributed by atoms with Crippen LogP contribution in [0, 0.1) is 0 Å². The molecule has 20 heavy (non-hydrogen) atoms. The van der Waals surface area contributed by atoms with E-state index in [9.17, 15) is 4.79 Å². The summed E-state index contributed by atoms with van der Waals surface area (Å²) < 4.78 is 1.89. The van der Waals surface area contributed by atoms with Crippen molar-refractivity contribution in [1.82, 2.24) is 14.5 Å². The molecule has 2 aromatic rings. The molecule has 0 saturated heterocycles. The first-order chi connectivity index (χ1) is 9.63. The van der Waals surface area contributed by atoms with Crippen molar-refractivity contribution in [3.63, 3.8) is 0 Å². The van der Waals surface area contributed by atoms with Crippen LogP contribution in [0.3, 0.4) is 0 Å². The molecular formula is C16H21N3O. The average Bonchev–Trinajstić information content (AvgIpc) is 2.44. The largest absolute Gasteiger partial charge is 0.292 e. The standard InChI is InChI=1S/C16H21N3O/c1-4-9-18-10-11(2)19-15(12(18)3)17-14-8-6-5-7-13(14)16(19)20/h5-8,11-12H,4,9-10H2,1-3H3. The first kappa shape index (κ1) is 13.3. The van der Waals surface area contributed by atoms with E-state index < -0.39 is 0 Å². The Morgan fingerprint density at radius 3 is 2.80 bits per heavy atom. The molecule has 1 aromatic heterocycles. The Balaban J connectivity index is 2.22. The number of rotatable bonds is 2. The molecule has 2 atom stereocenters. The van der Waals surface area contributed by atoms with Crippen molar-refractivity contribution in [3.05, 3.63) is 40.4 Å². The van der Waals surface area contributed by atoms with Crippen molar-refractivity contribution in [3.8, 4) is 0 Å². The van der Waals surface area contributed by atoms with Crippen LogP contribution in [0.2, 0.25) is 0 Å². The highest BCUT2D eigenvalue weighted by atomic mass is 16.1. The van der Waals surface area contributed by atoms with Crippen molar-refractivity contribution < 1.29 is 0 Å². The molecule has 1 aliphatic heterocycles. The van der Waals surface area contributed by atoms with E-state index >= 15 is 0 Å². The molecule has 0 aliphatic carbocycles. The van der Waals surface area contributed by atoms with Crippen LogP contribution in [0.5, 0.6) is 0 Å². The van der Waals surface area contributed by atoms with Gasteiger partial charge in [0.05, 0.1) is 16.9 Å². The Hall–Kier alpha value is -1.68. The fourth-order valence-corrected chi connectivity index (χ4v) is 3.20. The van der Waals surface area contributed by atoms with E-state index in [0.717, 1.165) is 36.2 Å². The number of fused-ring (bicyclic) bond motifs is 2. The van der Waals surface area contributed by atoms with Gasteiger partial charge in [0.15, 0.2) is 0 Å². The highest BCUT2D eigenvalue weighted by molar-refractivity contribution is 5.77. The summed E-state index contributed by atoms with van der Waals surface area (Å²) in [6, 6.07) is 8.01. The topological polar surface area (TPSA) is 38.1 Å². The van der Waals surface area contributed by atoms with E-state index in [-0.39, 0.29) is 17.6 Å². The molecule has 1 aliphatic rings. The summed E-state index contributed by atoms with van der Waals surface area (Å²) in [7, 11) is 0. The zero-order chi connectivity index (χ0) is 14.3. The molecule has 0 saturated carbocycles. The minimum Gasteiger partial charge on any atom is -0.292 e. The predicted octanol–water partition coefficient (Wildman–Crippen LogP) is 2.74. The molecule has 0 fully saturated rings. The van der Waals surface area contributed by atoms with Gasteiger partial charge >= 0.3 is 0 Å². The van der Waals surface area contributed by atoms with Crippen LogP contribution in [0.1, 0.15) is 45.1 Å². The van der Waals surface area contributed by atoms with Crippen LogP contribution in [0.25, 0.3) is 10.9 Å². The zero-order valence-corrected chi connectivity index (χ0v) is 12.3. The molecule has 0 bridgehead atoms. The first-order valence-electron chi connectivity index (χ1n) is 7.38. The van der Waals surface area contributed by atoms with Gasteiger partial charge in [-0.05, 0) is 38.9 Å². The number of hydrogen-bond acceptors (Lipinski definition) is 3. The molecule has 0 N–H and O–H groups in total. The lowest BCUT2D eigenvalue weighted by molar-refractivity contribution is 0.137. The fourth-order valence-electron chi connectivity index (χ4n) is 3.20. The summed E-state index contributed by atoms with van der Waals surface area (Å²) in [6.07, 6.45) is 1.12. The number of benzene rings is 1. The maximum absolute atomic E-state index is 12.7. The number of hydrogen-bond donors (Lipinski definition) is 0. The third-order valence-electron chi connectivity index (χ3n) is 4.21. The SMILES string of the molecule is CCCN1CC(C)n2c(nc3ccccc3c2=O)C1C. The summed E-state index contributed by atoms with van der Waals surface area (Å²) in [5.41, 5.74) is 0.905.